The first kappa shape index (κ1) is 10.7. The van der Waals surface area contributed by atoms with E-state index in [2.05, 4.69) is 0 Å². The van der Waals surface area contributed by atoms with Crippen LogP contribution in [0.3, 0.4) is 0 Å². The Bertz CT molecular complexity index is 441. The van der Waals surface area contributed by atoms with E-state index in [1.165, 1.54) is 0 Å². The molecule has 0 atom stereocenters. The van der Waals surface area contributed by atoms with Crippen LogP contribution in [0.2, 0.25) is 0 Å². The number of nitrogens with two attached hydrogens (primary N) is 1. The molecule has 4 heteroatoms. The second kappa shape index (κ2) is 3.81. The Morgan fingerprint density at radius 3 is 2.71 bits per heavy atom. The van der Waals surface area contributed by atoms with Gasteiger partial charge in [0.2, 0.25) is 0 Å². The van der Waals surface area contributed by atoms with Crippen molar-refractivity contribution < 1.29 is 14.2 Å². The summed E-state index contributed by atoms with van der Waals surface area (Å²) in [7, 11) is 1.66. The van der Waals surface area contributed by atoms with Crippen molar-refractivity contribution in [1.82, 2.24) is 0 Å². The van der Waals surface area contributed by atoms with E-state index in [1.54, 1.807) is 7.11 Å². The number of hydrogen-bond acceptors (Lipinski definition) is 4. The Morgan fingerprint density at radius 1 is 1.29 bits per heavy atom. The van der Waals surface area contributed by atoms with Gasteiger partial charge in [-0.25, -0.2) is 0 Å². The lowest BCUT2D eigenvalue weighted by molar-refractivity contribution is 0.168. The SMILES string of the molecule is COc1cc2c(c(C3(CN)CC3)c1)OCCO2. The van der Waals surface area contributed by atoms with Crippen molar-refractivity contribution in [3.8, 4) is 17.2 Å². The molecule has 1 saturated carbocycles. The zero-order valence-corrected chi connectivity index (χ0v) is 9.99. The van der Waals surface area contributed by atoms with Gasteiger partial charge >= 0.3 is 0 Å². The standard InChI is InChI=1S/C13H17NO3/c1-15-9-6-10(13(8-14)2-3-13)12-11(7-9)16-4-5-17-12/h6-7H,2-5,8,14H2,1H3. The molecule has 0 radical (unpaired) electrons. The molecule has 0 spiro atoms. The van der Waals surface area contributed by atoms with Crippen LogP contribution in [0.1, 0.15) is 18.4 Å². The highest BCUT2D eigenvalue weighted by Crippen LogP contribution is 2.54. The molecule has 0 aromatic heterocycles. The Hall–Kier alpha value is -1.42. The van der Waals surface area contributed by atoms with E-state index < -0.39 is 0 Å². The number of benzene rings is 1. The maximum absolute atomic E-state index is 5.89. The van der Waals surface area contributed by atoms with Gasteiger partial charge in [0.05, 0.1) is 7.11 Å². The Kier molecular flexibility index (Phi) is 2.40. The third-order valence-electron chi connectivity index (χ3n) is 3.67. The van der Waals surface area contributed by atoms with Crippen molar-refractivity contribution in [2.45, 2.75) is 18.3 Å². The quantitative estimate of drug-likeness (QED) is 0.861. The van der Waals surface area contributed by atoms with Crippen molar-refractivity contribution in [3.05, 3.63) is 17.7 Å². The van der Waals surface area contributed by atoms with Crippen molar-refractivity contribution >= 4 is 0 Å². The first-order valence-electron chi connectivity index (χ1n) is 5.97. The van der Waals surface area contributed by atoms with E-state index in [0.717, 1.165) is 35.7 Å². The predicted octanol–water partition coefficient (Wildman–Crippen LogP) is 1.46. The fraction of sp³-hybridized carbons (Fsp3) is 0.538. The fourth-order valence-electron chi connectivity index (χ4n) is 2.37. The van der Waals surface area contributed by atoms with E-state index in [9.17, 15) is 0 Å². The van der Waals surface area contributed by atoms with E-state index in [4.69, 9.17) is 19.9 Å². The summed E-state index contributed by atoms with van der Waals surface area (Å²) in [5, 5.41) is 0. The summed E-state index contributed by atoms with van der Waals surface area (Å²) in [6.45, 7) is 1.85. The maximum Gasteiger partial charge on any atom is 0.165 e. The summed E-state index contributed by atoms with van der Waals surface area (Å²) in [5.41, 5.74) is 7.12. The number of fused-ring (bicyclic) bond motifs is 1. The van der Waals surface area contributed by atoms with Crippen LogP contribution in [0, 0.1) is 0 Å². The number of methoxy groups -OCH3 is 1. The smallest absolute Gasteiger partial charge is 0.165 e. The van der Waals surface area contributed by atoms with Gasteiger partial charge in [0, 0.05) is 23.6 Å². The van der Waals surface area contributed by atoms with Crippen LogP contribution >= 0.6 is 0 Å². The zero-order valence-electron chi connectivity index (χ0n) is 9.99. The second-order valence-electron chi connectivity index (χ2n) is 4.68. The van der Waals surface area contributed by atoms with Crippen LogP contribution in [0.4, 0.5) is 0 Å². The predicted molar refractivity (Wildman–Crippen MR) is 64.0 cm³/mol. The van der Waals surface area contributed by atoms with Crippen molar-refractivity contribution in [1.29, 1.82) is 0 Å². The second-order valence-corrected chi connectivity index (χ2v) is 4.68. The molecule has 1 heterocycles. The van der Waals surface area contributed by atoms with Crippen LogP contribution in [-0.2, 0) is 5.41 Å². The fourth-order valence-corrected chi connectivity index (χ4v) is 2.37. The van der Waals surface area contributed by atoms with E-state index in [1.807, 2.05) is 12.1 Å². The summed E-state index contributed by atoms with van der Waals surface area (Å²) in [4.78, 5) is 0. The molecule has 17 heavy (non-hydrogen) atoms. The third-order valence-corrected chi connectivity index (χ3v) is 3.67. The summed E-state index contributed by atoms with van der Waals surface area (Å²) < 4.78 is 16.7. The van der Waals surface area contributed by atoms with Crippen LogP contribution in [-0.4, -0.2) is 26.9 Å². The Balaban J connectivity index is 2.11. The van der Waals surface area contributed by atoms with Crippen molar-refractivity contribution in [2.75, 3.05) is 26.9 Å². The molecular weight excluding hydrogens is 218 g/mol. The topological polar surface area (TPSA) is 53.7 Å². The minimum Gasteiger partial charge on any atom is -0.497 e. The molecule has 1 aromatic rings. The Morgan fingerprint density at radius 2 is 2.06 bits per heavy atom. The van der Waals surface area contributed by atoms with Gasteiger partial charge in [-0.3, -0.25) is 0 Å². The van der Waals surface area contributed by atoms with Crippen LogP contribution in [0.25, 0.3) is 0 Å². The van der Waals surface area contributed by atoms with E-state index >= 15 is 0 Å². The maximum atomic E-state index is 5.89. The van der Waals surface area contributed by atoms with E-state index in [-0.39, 0.29) is 5.41 Å². The lowest BCUT2D eigenvalue weighted by Crippen LogP contribution is -2.24. The molecule has 4 nitrogen and oxygen atoms in total. The molecule has 1 aliphatic heterocycles. The van der Waals surface area contributed by atoms with Gasteiger partial charge in [-0.05, 0) is 18.9 Å². The lowest BCUT2D eigenvalue weighted by atomic mass is 9.94. The molecular formula is C13H17NO3. The van der Waals surface area contributed by atoms with Crippen LogP contribution < -0.4 is 19.9 Å². The number of hydrogen-bond donors (Lipinski definition) is 1. The van der Waals surface area contributed by atoms with Crippen LogP contribution in [0.5, 0.6) is 17.2 Å². The molecule has 1 aromatic carbocycles. The van der Waals surface area contributed by atoms with Crippen molar-refractivity contribution in [3.63, 3.8) is 0 Å². The molecule has 0 unspecified atom stereocenters. The largest absolute Gasteiger partial charge is 0.497 e. The molecule has 2 aliphatic rings. The molecule has 0 amide bonds. The van der Waals surface area contributed by atoms with Gasteiger partial charge < -0.3 is 19.9 Å². The molecule has 0 bridgehead atoms. The molecule has 3 rings (SSSR count). The van der Waals surface area contributed by atoms with Gasteiger partial charge in [-0.1, -0.05) is 0 Å². The average molecular weight is 235 g/mol. The van der Waals surface area contributed by atoms with E-state index in [0.29, 0.717) is 19.8 Å². The molecule has 92 valence electrons. The first-order valence-corrected chi connectivity index (χ1v) is 5.97. The third kappa shape index (κ3) is 1.63. The van der Waals surface area contributed by atoms with Gasteiger partial charge in [-0.15, -0.1) is 0 Å². The highest BCUT2D eigenvalue weighted by atomic mass is 16.6. The molecule has 0 saturated heterocycles. The van der Waals surface area contributed by atoms with Gasteiger partial charge in [-0.2, -0.15) is 0 Å². The van der Waals surface area contributed by atoms with Gasteiger partial charge in [0.1, 0.15) is 19.0 Å². The first-order chi connectivity index (χ1) is 8.29. The van der Waals surface area contributed by atoms with Crippen LogP contribution in [0.15, 0.2) is 12.1 Å². The Labute approximate surface area is 101 Å². The highest BCUT2D eigenvalue weighted by molar-refractivity contribution is 5.57. The number of rotatable bonds is 3. The van der Waals surface area contributed by atoms with Gasteiger partial charge in [0.15, 0.2) is 11.5 Å². The summed E-state index contributed by atoms with van der Waals surface area (Å²) in [5.74, 6) is 2.45. The molecule has 1 fully saturated rings. The molecule has 1 aliphatic carbocycles. The summed E-state index contributed by atoms with van der Waals surface area (Å²) in [6, 6.07) is 3.91. The highest BCUT2D eigenvalue weighted by Gasteiger charge is 2.46. The average Bonchev–Trinajstić information content (AvgIpc) is 3.18. The lowest BCUT2D eigenvalue weighted by Gasteiger charge is -2.25. The summed E-state index contributed by atoms with van der Waals surface area (Å²) in [6.07, 6.45) is 2.24. The summed E-state index contributed by atoms with van der Waals surface area (Å²) >= 11 is 0. The zero-order chi connectivity index (χ0) is 11.9. The van der Waals surface area contributed by atoms with Gasteiger partial charge in [0.25, 0.3) is 0 Å². The number of ether oxygens (including phenoxy) is 3. The molecule has 2 N–H and O–H groups in total. The minimum atomic E-state index is 0.0827. The monoisotopic (exact) mass is 235 g/mol. The normalized spacial score (nSPS) is 19.9. The minimum absolute atomic E-state index is 0.0827. The van der Waals surface area contributed by atoms with Crippen molar-refractivity contribution in [2.24, 2.45) is 5.73 Å².